The number of nitrogens with zero attached hydrogens (tertiary/aromatic N) is 2. The van der Waals surface area contributed by atoms with Gasteiger partial charge in [0.05, 0.1) is 12.3 Å². The Morgan fingerprint density at radius 1 is 1.22 bits per heavy atom. The standard InChI is InChI=1S/C11H17N3O3S/c15-18(16,6-5-8-1-2-8)12-7-10-13-14-11(17-10)9-3-4-9/h8-9,12H,1-7H2. The van der Waals surface area contributed by atoms with Crippen molar-refractivity contribution < 1.29 is 12.8 Å². The molecule has 2 aliphatic rings. The van der Waals surface area contributed by atoms with E-state index in [2.05, 4.69) is 14.9 Å². The largest absolute Gasteiger partial charge is 0.424 e. The zero-order valence-electron chi connectivity index (χ0n) is 10.1. The third-order valence-electron chi connectivity index (χ3n) is 3.34. The van der Waals surface area contributed by atoms with Gasteiger partial charge >= 0.3 is 0 Å². The fourth-order valence-corrected chi connectivity index (χ4v) is 2.94. The fraction of sp³-hybridized carbons (Fsp3) is 0.818. The number of hydrogen-bond donors (Lipinski definition) is 1. The Bertz CT molecular complexity index is 517. The van der Waals surface area contributed by atoms with Crippen LogP contribution in [0, 0.1) is 5.92 Å². The summed E-state index contributed by atoms with van der Waals surface area (Å²) in [4.78, 5) is 0. The van der Waals surface area contributed by atoms with Crippen molar-refractivity contribution in [2.45, 2.75) is 44.6 Å². The van der Waals surface area contributed by atoms with Gasteiger partial charge in [0.1, 0.15) is 0 Å². The molecule has 2 aliphatic carbocycles. The SMILES string of the molecule is O=S(=O)(CCC1CC1)NCc1nnc(C2CC2)o1. The molecule has 1 heterocycles. The molecule has 0 atom stereocenters. The summed E-state index contributed by atoms with van der Waals surface area (Å²) in [5.74, 6) is 2.21. The molecule has 100 valence electrons. The minimum absolute atomic E-state index is 0.104. The second-order valence-corrected chi connectivity index (χ2v) is 7.11. The Balaban J connectivity index is 1.48. The number of aromatic nitrogens is 2. The molecule has 0 saturated heterocycles. The molecule has 18 heavy (non-hydrogen) atoms. The zero-order valence-corrected chi connectivity index (χ0v) is 10.9. The highest BCUT2D eigenvalue weighted by Gasteiger charge is 2.29. The molecule has 0 spiro atoms. The van der Waals surface area contributed by atoms with Crippen LogP contribution in [0.5, 0.6) is 0 Å². The topological polar surface area (TPSA) is 85.1 Å². The Hall–Kier alpha value is -0.950. The van der Waals surface area contributed by atoms with Crippen LogP contribution in [-0.4, -0.2) is 24.4 Å². The van der Waals surface area contributed by atoms with Crippen LogP contribution in [-0.2, 0) is 16.6 Å². The van der Waals surface area contributed by atoms with Gasteiger partial charge < -0.3 is 4.42 Å². The summed E-state index contributed by atoms with van der Waals surface area (Å²) in [5, 5.41) is 7.76. The third-order valence-corrected chi connectivity index (χ3v) is 4.70. The summed E-state index contributed by atoms with van der Waals surface area (Å²) < 4.78 is 31.3. The van der Waals surface area contributed by atoms with Gasteiger partial charge in [-0.25, -0.2) is 13.1 Å². The van der Waals surface area contributed by atoms with Crippen molar-refractivity contribution in [3.05, 3.63) is 11.8 Å². The second-order valence-electron chi connectivity index (χ2n) is 5.18. The van der Waals surface area contributed by atoms with E-state index in [-0.39, 0.29) is 12.3 Å². The average molecular weight is 271 g/mol. The van der Waals surface area contributed by atoms with Crippen LogP contribution in [0.3, 0.4) is 0 Å². The molecule has 2 saturated carbocycles. The average Bonchev–Trinajstić information content (AvgIpc) is 3.24. The van der Waals surface area contributed by atoms with E-state index < -0.39 is 10.0 Å². The number of sulfonamides is 1. The van der Waals surface area contributed by atoms with Crippen LogP contribution in [0.2, 0.25) is 0 Å². The Kier molecular flexibility index (Phi) is 3.11. The molecule has 0 aliphatic heterocycles. The van der Waals surface area contributed by atoms with Gasteiger partial charge in [-0.1, -0.05) is 12.8 Å². The normalized spacial score (nSPS) is 20.2. The summed E-state index contributed by atoms with van der Waals surface area (Å²) in [6.07, 6.45) is 5.28. The minimum atomic E-state index is -3.21. The summed E-state index contributed by atoms with van der Waals surface area (Å²) >= 11 is 0. The highest BCUT2D eigenvalue weighted by atomic mass is 32.2. The number of rotatable bonds is 7. The van der Waals surface area contributed by atoms with E-state index in [1.807, 2.05) is 0 Å². The molecule has 2 fully saturated rings. The van der Waals surface area contributed by atoms with E-state index in [1.54, 1.807) is 0 Å². The van der Waals surface area contributed by atoms with E-state index >= 15 is 0 Å². The maximum atomic E-state index is 11.7. The summed E-state index contributed by atoms with van der Waals surface area (Å²) in [6, 6.07) is 0. The van der Waals surface area contributed by atoms with Crippen LogP contribution in [0.4, 0.5) is 0 Å². The predicted octanol–water partition coefficient (Wildman–Crippen LogP) is 1.17. The third kappa shape index (κ3) is 3.29. The van der Waals surface area contributed by atoms with Crippen LogP contribution in [0.25, 0.3) is 0 Å². The van der Waals surface area contributed by atoms with Gasteiger partial charge in [0.15, 0.2) is 0 Å². The van der Waals surface area contributed by atoms with Gasteiger partial charge in [0.25, 0.3) is 0 Å². The lowest BCUT2D eigenvalue weighted by Gasteiger charge is -2.03. The van der Waals surface area contributed by atoms with Crippen LogP contribution < -0.4 is 4.72 Å². The van der Waals surface area contributed by atoms with Crippen LogP contribution in [0.15, 0.2) is 4.42 Å². The fourth-order valence-electron chi connectivity index (χ4n) is 1.81. The molecular weight excluding hydrogens is 254 g/mol. The first-order valence-electron chi connectivity index (χ1n) is 6.42. The molecular formula is C11H17N3O3S. The van der Waals surface area contributed by atoms with Crippen molar-refractivity contribution >= 4 is 10.0 Å². The van der Waals surface area contributed by atoms with Crippen LogP contribution in [0.1, 0.15) is 49.8 Å². The van der Waals surface area contributed by atoms with Crippen LogP contribution >= 0.6 is 0 Å². The highest BCUT2D eigenvalue weighted by molar-refractivity contribution is 7.89. The molecule has 0 bridgehead atoms. The number of nitrogens with one attached hydrogen (secondary N) is 1. The zero-order chi connectivity index (χ0) is 12.6. The first-order chi connectivity index (χ1) is 8.62. The summed E-state index contributed by atoms with van der Waals surface area (Å²) in [7, 11) is -3.21. The van der Waals surface area contributed by atoms with E-state index in [1.165, 1.54) is 12.8 Å². The van der Waals surface area contributed by atoms with Gasteiger partial charge in [0.2, 0.25) is 21.8 Å². The summed E-state index contributed by atoms with van der Waals surface area (Å²) in [6.45, 7) is 0.104. The molecule has 1 N–H and O–H groups in total. The van der Waals surface area contributed by atoms with E-state index in [4.69, 9.17) is 4.42 Å². The summed E-state index contributed by atoms with van der Waals surface area (Å²) in [5.41, 5.74) is 0. The Labute approximate surface area is 106 Å². The van der Waals surface area contributed by atoms with E-state index in [9.17, 15) is 8.42 Å². The van der Waals surface area contributed by atoms with Gasteiger partial charge in [-0.3, -0.25) is 0 Å². The molecule has 1 aromatic heterocycles. The molecule has 6 nitrogen and oxygen atoms in total. The lowest BCUT2D eigenvalue weighted by Crippen LogP contribution is -2.26. The van der Waals surface area contributed by atoms with Crippen molar-refractivity contribution in [2.75, 3.05) is 5.75 Å². The van der Waals surface area contributed by atoms with Crippen molar-refractivity contribution in [1.29, 1.82) is 0 Å². The molecule has 3 rings (SSSR count). The van der Waals surface area contributed by atoms with Gasteiger partial charge in [-0.2, -0.15) is 0 Å². The van der Waals surface area contributed by atoms with Crippen molar-refractivity contribution in [2.24, 2.45) is 5.92 Å². The van der Waals surface area contributed by atoms with Gasteiger partial charge in [-0.05, 0) is 25.2 Å². The maximum Gasteiger partial charge on any atom is 0.231 e. The molecule has 0 radical (unpaired) electrons. The first-order valence-corrected chi connectivity index (χ1v) is 8.07. The minimum Gasteiger partial charge on any atom is -0.424 e. The molecule has 0 amide bonds. The second kappa shape index (κ2) is 4.62. The van der Waals surface area contributed by atoms with E-state index in [0.717, 1.165) is 19.3 Å². The molecule has 7 heteroatoms. The maximum absolute atomic E-state index is 11.7. The lowest BCUT2D eigenvalue weighted by molar-refractivity contribution is 0.444. The molecule has 1 aromatic rings. The predicted molar refractivity (Wildman–Crippen MR) is 64.2 cm³/mol. The Morgan fingerprint density at radius 2 is 2.00 bits per heavy atom. The van der Waals surface area contributed by atoms with Crippen molar-refractivity contribution in [3.8, 4) is 0 Å². The lowest BCUT2D eigenvalue weighted by atomic mass is 10.3. The highest BCUT2D eigenvalue weighted by Crippen LogP contribution is 2.39. The smallest absolute Gasteiger partial charge is 0.231 e. The van der Waals surface area contributed by atoms with Gasteiger partial charge in [-0.15, -0.1) is 10.2 Å². The first kappa shape index (κ1) is 12.1. The molecule has 0 unspecified atom stereocenters. The molecule has 0 aromatic carbocycles. The monoisotopic (exact) mass is 271 g/mol. The number of hydrogen-bond acceptors (Lipinski definition) is 5. The quantitative estimate of drug-likeness (QED) is 0.804. The van der Waals surface area contributed by atoms with Crippen molar-refractivity contribution in [1.82, 2.24) is 14.9 Å². The Morgan fingerprint density at radius 3 is 2.67 bits per heavy atom. The van der Waals surface area contributed by atoms with Crippen molar-refractivity contribution in [3.63, 3.8) is 0 Å². The van der Waals surface area contributed by atoms with E-state index in [0.29, 0.717) is 23.6 Å². The van der Waals surface area contributed by atoms with Gasteiger partial charge in [0, 0.05) is 5.92 Å².